The maximum atomic E-state index is 12.5. The van der Waals surface area contributed by atoms with Gasteiger partial charge in [-0.2, -0.15) is 0 Å². The third-order valence-corrected chi connectivity index (χ3v) is 4.03. The Labute approximate surface area is 122 Å². The van der Waals surface area contributed by atoms with Gasteiger partial charge in [0.2, 0.25) is 5.43 Å². The molecule has 0 spiro atoms. The first-order valence-corrected chi connectivity index (χ1v) is 7.04. The molecule has 1 atom stereocenters. The van der Waals surface area contributed by atoms with E-state index in [0.717, 1.165) is 17.5 Å². The minimum atomic E-state index is -0.223. The third-order valence-electron chi connectivity index (χ3n) is 4.03. The average Bonchev–Trinajstić information content (AvgIpc) is 2.96. The van der Waals surface area contributed by atoms with E-state index in [1.165, 1.54) is 6.20 Å². The molecule has 0 unspecified atom stereocenters. The number of rotatable bonds is 2. The van der Waals surface area contributed by atoms with Crippen molar-refractivity contribution in [2.24, 2.45) is 0 Å². The zero-order valence-electron chi connectivity index (χ0n) is 12.2. The minimum absolute atomic E-state index is 0.0655. The number of aryl methyl sites for hydroxylation is 1. The molecule has 3 rings (SSSR count). The highest BCUT2D eigenvalue weighted by atomic mass is 16.5. The van der Waals surface area contributed by atoms with Crippen molar-refractivity contribution in [3.05, 3.63) is 45.7 Å². The first-order valence-electron chi connectivity index (χ1n) is 7.04. The number of carbonyl (C=O) groups excluding carboxylic acids is 1. The average molecular weight is 286 g/mol. The van der Waals surface area contributed by atoms with Gasteiger partial charge in [-0.25, -0.2) is 0 Å². The number of carbonyl (C=O) groups is 1. The SMILES string of the molecule is CO[C@H]1CCN(C(=O)c2c[nH]c3ccc(C)cc3c2=O)C1. The fraction of sp³-hybridized carbons (Fsp3) is 0.375. The van der Waals surface area contributed by atoms with Crippen molar-refractivity contribution in [2.75, 3.05) is 20.2 Å². The van der Waals surface area contributed by atoms with Gasteiger partial charge in [-0.15, -0.1) is 0 Å². The minimum Gasteiger partial charge on any atom is -0.380 e. The molecule has 1 aliphatic rings. The number of methoxy groups -OCH3 is 1. The molecule has 1 aliphatic heterocycles. The molecule has 1 N–H and O–H groups in total. The first kappa shape index (κ1) is 13.8. The monoisotopic (exact) mass is 286 g/mol. The smallest absolute Gasteiger partial charge is 0.259 e. The van der Waals surface area contributed by atoms with Crippen molar-refractivity contribution in [2.45, 2.75) is 19.4 Å². The van der Waals surface area contributed by atoms with Crippen LogP contribution in [0.3, 0.4) is 0 Å². The number of ether oxygens (including phenoxy) is 1. The topological polar surface area (TPSA) is 62.4 Å². The molecule has 110 valence electrons. The van der Waals surface area contributed by atoms with E-state index < -0.39 is 0 Å². The fourth-order valence-electron chi connectivity index (χ4n) is 2.77. The van der Waals surface area contributed by atoms with Crippen LogP contribution in [0.5, 0.6) is 0 Å². The van der Waals surface area contributed by atoms with Crippen LogP contribution in [0.1, 0.15) is 22.3 Å². The summed E-state index contributed by atoms with van der Waals surface area (Å²) in [7, 11) is 1.64. The van der Waals surface area contributed by atoms with Crippen LogP contribution in [0.4, 0.5) is 0 Å². The summed E-state index contributed by atoms with van der Waals surface area (Å²) in [4.78, 5) is 29.8. The van der Waals surface area contributed by atoms with Gasteiger partial charge < -0.3 is 14.6 Å². The second-order valence-electron chi connectivity index (χ2n) is 5.48. The highest BCUT2D eigenvalue weighted by molar-refractivity contribution is 5.97. The van der Waals surface area contributed by atoms with E-state index in [2.05, 4.69) is 4.98 Å². The quantitative estimate of drug-likeness (QED) is 0.914. The molecule has 1 aromatic carbocycles. The predicted octanol–water partition coefficient (Wildman–Crippen LogP) is 1.70. The Hall–Kier alpha value is -2.14. The van der Waals surface area contributed by atoms with Crippen molar-refractivity contribution in [1.29, 1.82) is 0 Å². The van der Waals surface area contributed by atoms with Gasteiger partial charge in [-0.3, -0.25) is 9.59 Å². The number of hydrogen-bond acceptors (Lipinski definition) is 3. The van der Waals surface area contributed by atoms with Crippen LogP contribution in [0.2, 0.25) is 0 Å². The van der Waals surface area contributed by atoms with Gasteiger partial charge in [-0.05, 0) is 25.5 Å². The molecule has 5 heteroatoms. The first-order chi connectivity index (χ1) is 10.1. The van der Waals surface area contributed by atoms with Gasteiger partial charge in [0.05, 0.1) is 6.10 Å². The molecule has 0 radical (unpaired) electrons. The molecule has 2 heterocycles. The number of aromatic nitrogens is 1. The second kappa shape index (κ2) is 5.33. The van der Waals surface area contributed by atoms with Crippen molar-refractivity contribution in [3.8, 4) is 0 Å². The normalized spacial score (nSPS) is 18.4. The van der Waals surface area contributed by atoms with Gasteiger partial charge >= 0.3 is 0 Å². The molecule has 0 aliphatic carbocycles. The van der Waals surface area contributed by atoms with Crippen LogP contribution in [-0.4, -0.2) is 42.1 Å². The van der Waals surface area contributed by atoms with Gasteiger partial charge in [0.25, 0.3) is 5.91 Å². The maximum Gasteiger partial charge on any atom is 0.259 e. The van der Waals surface area contributed by atoms with E-state index >= 15 is 0 Å². The summed E-state index contributed by atoms with van der Waals surface area (Å²) >= 11 is 0. The summed E-state index contributed by atoms with van der Waals surface area (Å²) in [6.07, 6.45) is 2.39. The number of hydrogen-bond donors (Lipinski definition) is 1. The summed E-state index contributed by atoms with van der Waals surface area (Å²) in [5, 5.41) is 0.559. The summed E-state index contributed by atoms with van der Waals surface area (Å²) in [5.74, 6) is -0.223. The van der Waals surface area contributed by atoms with E-state index in [9.17, 15) is 9.59 Å². The number of aromatic amines is 1. The van der Waals surface area contributed by atoms with Crippen LogP contribution in [-0.2, 0) is 4.74 Å². The number of fused-ring (bicyclic) bond motifs is 1. The highest BCUT2D eigenvalue weighted by Gasteiger charge is 2.28. The van der Waals surface area contributed by atoms with E-state index in [1.54, 1.807) is 12.0 Å². The predicted molar refractivity (Wildman–Crippen MR) is 80.6 cm³/mol. The Bertz CT molecular complexity index is 751. The number of nitrogens with one attached hydrogen (secondary N) is 1. The fourth-order valence-corrected chi connectivity index (χ4v) is 2.77. The molecule has 2 aromatic rings. The highest BCUT2D eigenvalue weighted by Crippen LogP contribution is 2.16. The van der Waals surface area contributed by atoms with Crippen molar-refractivity contribution in [1.82, 2.24) is 9.88 Å². The molecule has 1 aromatic heterocycles. The largest absolute Gasteiger partial charge is 0.380 e. The van der Waals surface area contributed by atoms with Crippen molar-refractivity contribution in [3.63, 3.8) is 0 Å². The number of likely N-dealkylation sites (tertiary alicyclic amines) is 1. The molecule has 5 nitrogen and oxygen atoms in total. The van der Waals surface area contributed by atoms with Crippen LogP contribution in [0.25, 0.3) is 10.9 Å². The Morgan fingerprint density at radius 3 is 2.95 bits per heavy atom. The number of nitrogens with zero attached hydrogens (tertiary/aromatic N) is 1. The van der Waals surface area contributed by atoms with Crippen LogP contribution in [0.15, 0.2) is 29.2 Å². The van der Waals surface area contributed by atoms with Crippen molar-refractivity contribution >= 4 is 16.8 Å². The van der Waals surface area contributed by atoms with E-state index in [0.29, 0.717) is 18.5 Å². The Morgan fingerprint density at radius 2 is 2.24 bits per heavy atom. The number of benzene rings is 1. The molecule has 0 bridgehead atoms. The molecule has 0 saturated carbocycles. The van der Waals surface area contributed by atoms with E-state index in [-0.39, 0.29) is 23.0 Å². The zero-order valence-corrected chi connectivity index (χ0v) is 12.2. The summed E-state index contributed by atoms with van der Waals surface area (Å²) in [6, 6.07) is 5.60. The maximum absolute atomic E-state index is 12.5. The summed E-state index contributed by atoms with van der Waals surface area (Å²) < 4.78 is 5.26. The lowest BCUT2D eigenvalue weighted by molar-refractivity contribution is 0.0723. The van der Waals surface area contributed by atoms with Crippen LogP contribution in [0, 0.1) is 6.92 Å². The standard InChI is InChI=1S/C16H18N2O3/c1-10-3-4-14-12(7-10)15(19)13(8-17-14)16(20)18-6-5-11(9-18)21-2/h3-4,7-8,11H,5-6,9H2,1-2H3,(H,17,19)/t11-/m0/s1. The summed E-state index contributed by atoms with van der Waals surface area (Å²) in [5.41, 5.74) is 1.74. The van der Waals surface area contributed by atoms with E-state index in [1.807, 2.05) is 25.1 Å². The third kappa shape index (κ3) is 2.45. The number of H-pyrrole nitrogens is 1. The molecule has 1 amide bonds. The Kier molecular flexibility index (Phi) is 3.51. The molecular formula is C16H18N2O3. The van der Waals surface area contributed by atoms with Crippen molar-refractivity contribution < 1.29 is 9.53 Å². The molecule has 1 fully saturated rings. The second-order valence-corrected chi connectivity index (χ2v) is 5.48. The van der Waals surface area contributed by atoms with Crippen LogP contribution >= 0.6 is 0 Å². The molecule has 21 heavy (non-hydrogen) atoms. The van der Waals surface area contributed by atoms with E-state index in [4.69, 9.17) is 4.74 Å². The Balaban J connectivity index is 1.99. The number of pyridine rings is 1. The molecular weight excluding hydrogens is 268 g/mol. The van der Waals surface area contributed by atoms with Gasteiger partial charge in [0.15, 0.2) is 0 Å². The lowest BCUT2D eigenvalue weighted by Gasteiger charge is -2.16. The van der Waals surface area contributed by atoms with Crippen LogP contribution < -0.4 is 5.43 Å². The lowest BCUT2D eigenvalue weighted by atomic mass is 10.1. The van der Waals surface area contributed by atoms with Gasteiger partial charge in [0.1, 0.15) is 5.56 Å². The number of amides is 1. The zero-order chi connectivity index (χ0) is 15.0. The van der Waals surface area contributed by atoms with Gasteiger partial charge in [0, 0.05) is 37.3 Å². The lowest BCUT2D eigenvalue weighted by Crippen LogP contribution is -2.33. The van der Waals surface area contributed by atoms with Gasteiger partial charge in [-0.1, -0.05) is 11.6 Å². The summed E-state index contributed by atoms with van der Waals surface area (Å²) in [6.45, 7) is 3.10. The molecule has 1 saturated heterocycles. The Morgan fingerprint density at radius 1 is 1.43 bits per heavy atom.